The van der Waals surface area contributed by atoms with E-state index in [2.05, 4.69) is 21.2 Å². The zero-order valence-electron chi connectivity index (χ0n) is 11.6. The number of hydrogen-bond acceptors (Lipinski definition) is 4. The van der Waals surface area contributed by atoms with Crippen LogP contribution in [0.4, 0.5) is 4.39 Å². The molecule has 22 heavy (non-hydrogen) atoms. The average molecular weight is 398 g/mol. The second-order valence-corrected chi connectivity index (χ2v) is 8.46. The maximum atomic E-state index is 13.6. The van der Waals surface area contributed by atoms with Gasteiger partial charge >= 0.3 is 0 Å². The molecule has 1 aromatic rings. The molecule has 1 N–H and O–H groups in total. The van der Waals surface area contributed by atoms with Gasteiger partial charge in [-0.1, -0.05) is 6.07 Å². The minimum absolute atomic E-state index is 0.0379. The lowest BCUT2D eigenvalue weighted by atomic mass is 9.84. The largest absolute Gasteiger partial charge is 0.361 e. The third-order valence-corrected chi connectivity index (χ3v) is 6.91. The van der Waals surface area contributed by atoms with Crippen molar-refractivity contribution in [2.24, 2.45) is 0 Å². The Kier molecular flexibility index (Phi) is 3.86. The van der Waals surface area contributed by atoms with Crippen LogP contribution in [0, 0.1) is 5.82 Å². The van der Waals surface area contributed by atoms with Crippen LogP contribution in [0.2, 0.25) is 0 Å². The van der Waals surface area contributed by atoms with Gasteiger partial charge in [0.2, 0.25) is 0 Å². The van der Waals surface area contributed by atoms with Gasteiger partial charge in [0.25, 0.3) is 0 Å². The number of carbonyl (C=O) groups is 1. The second-order valence-electron chi connectivity index (χ2n) is 5.48. The van der Waals surface area contributed by atoms with Gasteiger partial charge in [-0.3, -0.25) is 4.79 Å². The van der Waals surface area contributed by atoms with E-state index in [-0.39, 0.29) is 17.5 Å². The van der Waals surface area contributed by atoms with Gasteiger partial charge in [0.05, 0.1) is 10.2 Å². The van der Waals surface area contributed by atoms with Crippen molar-refractivity contribution in [1.82, 2.24) is 5.32 Å². The topological polar surface area (TPSA) is 29.1 Å². The van der Waals surface area contributed by atoms with E-state index in [1.807, 2.05) is 17.8 Å². The molecule has 0 aromatic heterocycles. The molecular weight excluding hydrogens is 385 g/mol. The van der Waals surface area contributed by atoms with Gasteiger partial charge < -0.3 is 5.32 Å². The Bertz CT molecular complexity index is 744. The average Bonchev–Trinajstić information content (AvgIpc) is 2.96. The lowest BCUT2D eigenvalue weighted by Crippen LogP contribution is -2.32. The summed E-state index contributed by atoms with van der Waals surface area (Å²) in [5.74, 6) is 2.31. The predicted molar refractivity (Wildman–Crippen MR) is 93.4 cm³/mol. The molecule has 0 spiro atoms. The predicted octanol–water partition coefficient (Wildman–Crippen LogP) is 4.19. The van der Waals surface area contributed by atoms with Crippen molar-refractivity contribution >= 4 is 45.2 Å². The molecule has 3 heterocycles. The van der Waals surface area contributed by atoms with E-state index >= 15 is 0 Å². The van der Waals surface area contributed by atoms with Crippen molar-refractivity contribution in [1.29, 1.82) is 0 Å². The van der Waals surface area contributed by atoms with E-state index in [0.717, 1.165) is 34.8 Å². The van der Waals surface area contributed by atoms with E-state index in [1.165, 1.54) is 16.7 Å². The van der Waals surface area contributed by atoms with Crippen molar-refractivity contribution < 1.29 is 9.18 Å². The molecule has 3 aliphatic rings. The van der Waals surface area contributed by atoms with Crippen LogP contribution in [-0.4, -0.2) is 23.0 Å². The van der Waals surface area contributed by atoms with Crippen LogP contribution in [0.5, 0.6) is 0 Å². The summed E-state index contributed by atoms with van der Waals surface area (Å²) in [7, 11) is 0. The van der Waals surface area contributed by atoms with Crippen LogP contribution in [0.25, 0.3) is 0 Å². The number of thioether (sulfide) groups is 2. The van der Waals surface area contributed by atoms with Crippen LogP contribution in [-0.2, 0) is 4.79 Å². The van der Waals surface area contributed by atoms with Gasteiger partial charge in [-0.2, -0.15) is 0 Å². The number of hydrogen-bond donors (Lipinski definition) is 1. The zero-order valence-corrected chi connectivity index (χ0v) is 14.8. The molecule has 1 unspecified atom stereocenters. The Morgan fingerprint density at radius 3 is 2.95 bits per heavy atom. The Morgan fingerprint density at radius 1 is 1.27 bits per heavy atom. The zero-order chi connectivity index (χ0) is 15.3. The van der Waals surface area contributed by atoms with E-state index < -0.39 is 0 Å². The Balaban J connectivity index is 1.87. The highest BCUT2D eigenvalue weighted by Gasteiger charge is 2.38. The van der Waals surface area contributed by atoms with E-state index in [9.17, 15) is 9.18 Å². The molecule has 1 atom stereocenters. The second kappa shape index (κ2) is 5.73. The number of Topliss-reactive ketones (excluding diaryl/α,β-unsaturated/α-hetero) is 1. The number of halogens is 2. The summed E-state index contributed by atoms with van der Waals surface area (Å²) in [6, 6.07) is 5.09. The summed E-state index contributed by atoms with van der Waals surface area (Å²) < 4.78 is 14.0. The maximum Gasteiger partial charge on any atom is 0.171 e. The third kappa shape index (κ3) is 2.36. The number of dihydropyridines is 1. The van der Waals surface area contributed by atoms with E-state index in [1.54, 1.807) is 17.8 Å². The van der Waals surface area contributed by atoms with E-state index in [4.69, 9.17) is 0 Å². The summed E-state index contributed by atoms with van der Waals surface area (Å²) in [5.41, 5.74) is 4.16. The molecule has 0 fully saturated rings. The number of rotatable bonds is 1. The van der Waals surface area contributed by atoms with Crippen molar-refractivity contribution in [3.63, 3.8) is 0 Å². The quantitative estimate of drug-likeness (QED) is 0.768. The highest BCUT2D eigenvalue weighted by atomic mass is 79.9. The van der Waals surface area contributed by atoms with Crippen LogP contribution in [0.1, 0.15) is 17.9 Å². The van der Waals surface area contributed by atoms with Gasteiger partial charge in [-0.05, 0) is 40.0 Å². The van der Waals surface area contributed by atoms with Gasteiger partial charge in [0.15, 0.2) is 5.78 Å². The Labute approximate surface area is 145 Å². The molecule has 1 aromatic carbocycles. The smallest absolute Gasteiger partial charge is 0.171 e. The molecule has 114 valence electrons. The van der Waals surface area contributed by atoms with Crippen LogP contribution in [0.15, 0.2) is 44.5 Å². The first kappa shape index (κ1) is 14.8. The summed E-state index contributed by atoms with van der Waals surface area (Å²) in [4.78, 5) is 13.8. The fraction of sp³-hybridized carbons (Fsp3) is 0.312. The molecule has 6 heteroatoms. The fourth-order valence-electron chi connectivity index (χ4n) is 3.19. The number of ketones is 1. The molecule has 0 radical (unpaired) electrons. The molecular formula is C16H13BrFNOS2. The molecule has 0 amide bonds. The SMILES string of the molecule is O=C1CSCC2=C1C(c1ccc(F)c(Br)c1)C1=C(CCS1)N2. The Morgan fingerprint density at radius 2 is 2.14 bits per heavy atom. The van der Waals surface area contributed by atoms with Crippen molar-refractivity contribution in [3.05, 3.63) is 55.9 Å². The minimum Gasteiger partial charge on any atom is -0.361 e. The summed E-state index contributed by atoms with van der Waals surface area (Å²) >= 11 is 6.74. The first-order valence-electron chi connectivity index (χ1n) is 7.07. The van der Waals surface area contributed by atoms with Gasteiger partial charge in [-0.15, -0.1) is 23.5 Å². The van der Waals surface area contributed by atoms with Gasteiger partial charge in [0, 0.05) is 39.3 Å². The van der Waals surface area contributed by atoms with Crippen LogP contribution < -0.4 is 5.32 Å². The van der Waals surface area contributed by atoms with E-state index in [0.29, 0.717) is 10.2 Å². The van der Waals surface area contributed by atoms with Gasteiger partial charge in [-0.25, -0.2) is 4.39 Å². The molecule has 2 nitrogen and oxygen atoms in total. The summed E-state index contributed by atoms with van der Waals surface area (Å²) in [5, 5.41) is 3.48. The Hall–Kier alpha value is -0.720. The minimum atomic E-state index is -0.273. The van der Waals surface area contributed by atoms with Crippen molar-refractivity contribution in [3.8, 4) is 0 Å². The third-order valence-electron chi connectivity index (χ3n) is 4.14. The summed E-state index contributed by atoms with van der Waals surface area (Å²) in [6.07, 6.45) is 1.01. The standard InChI is InChI=1S/C16H13BrFNOS2/c17-9-5-8(1-2-10(9)18)14-15-12(6-21-7-13(15)20)19-11-3-4-22-16(11)14/h1-2,5,14,19H,3-4,6-7H2. The molecule has 0 aliphatic carbocycles. The highest BCUT2D eigenvalue weighted by molar-refractivity contribution is 9.10. The molecule has 0 saturated carbocycles. The lowest BCUT2D eigenvalue weighted by molar-refractivity contribution is -0.113. The first-order chi connectivity index (χ1) is 10.6. The normalized spacial score (nSPS) is 24.3. The number of carbonyl (C=O) groups excluding carboxylic acids is 1. The fourth-order valence-corrected chi connectivity index (χ4v) is 5.73. The summed E-state index contributed by atoms with van der Waals surface area (Å²) in [6.45, 7) is 0. The van der Waals surface area contributed by atoms with Crippen LogP contribution in [0.3, 0.4) is 0 Å². The van der Waals surface area contributed by atoms with Gasteiger partial charge in [0.1, 0.15) is 5.82 Å². The molecule has 3 aliphatic heterocycles. The first-order valence-corrected chi connectivity index (χ1v) is 10.0. The number of allylic oxidation sites excluding steroid dienone is 3. The lowest BCUT2D eigenvalue weighted by Gasteiger charge is -2.33. The van der Waals surface area contributed by atoms with Crippen molar-refractivity contribution in [2.45, 2.75) is 12.3 Å². The highest BCUT2D eigenvalue weighted by Crippen LogP contribution is 2.49. The molecule has 4 rings (SSSR count). The monoisotopic (exact) mass is 397 g/mol. The number of nitrogens with one attached hydrogen (secondary N) is 1. The number of benzene rings is 1. The molecule has 0 saturated heterocycles. The maximum absolute atomic E-state index is 13.6. The molecule has 0 bridgehead atoms. The van der Waals surface area contributed by atoms with Crippen molar-refractivity contribution in [2.75, 3.05) is 17.3 Å². The van der Waals surface area contributed by atoms with Crippen LogP contribution >= 0.6 is 39.5 Å².